The molecule has 1 rings (SSSR count). The Hall–Kier alpha value is -2.08. The molecule has 0 aliphatic heterocycles. The van der Waals surface area contributed by atoms with Crippen LogP contribution in [0.4, 0.5) is 5.69 Å². The summed E-state index contributed by atoms with van der Waals surface area (Å²) in [7, 11) is 1.60. The average molecular weight is 336 g/mol. The Balaban J connectivity index is 2.48. The molecule has 0 radical (unpaired) electrons. The highest BCUT2D eigenvalue weighted by molar-refractivity contribution is 5.91. The van der Waals surface area contributed by atoms with E-state index in [1.807, 2.05) is 13.8 Å². The quantitative estimate of drug-likeness (QED) is 0.622. The van der Waals surface area contributed by atoms with Gasteiger partial charge in [0, 0.05) is 11.7 Å². The molecule has 6 nitrogen and oxygen atoms in total. The van der Waals surface area contributed by atoms with Crippen molar-refractivity contribution in [2.75, 3.05) is 32.1 Å². The van der Waals surface area contributed by atoms with Crippen molar-refractivity contribution in [1.82, 2.24) is 5.32 Å². The third-order valence-corrected chi connectivity index (χ3v) is 4.08. The first kappa shape index (κ1) is 20.0. The van der Waals surface area contributed by atoms with Crippen LogP contribution in [0.25, 0.3) is 0 Å². The summed E-state index contributed by atoms with van der Waals surface area (Å²) in [5.74, 6) is 0.995. The summed E-state index contributed by atoms with van der Waals surface area (Å²) < 4.78 is 5.09. The van der Waals surface area contributed by atoms with E-state index in [4.69, 9.17) is 4.74 Å². The van der Waals surface area contributed by atoms with E-state index in [0.717, 1.165) is 10.6 Å². The molecule has 2 atom stereocenters. The number of carbonyl (C=O) groups excluding carboxylic acids is 2. The molecule has 1 aromatic rings. The maximum absolute atomic E-state index is 12.2. The molecule has 2 amide bonds. The summed E-state index contributed by atoms with van der Waals surface area (Å²) in [4.78, 5) is 25.1. The van der Waals surface area contributed by atoms with Crippen molar-refractivity contribution in [3.05, 3.63) is 24.3 Å². The fourth-order valence-corrected chi connectivity index (χ4v) is 2.12. The van der Waals surface area contributed by atoms with Gasteiger partial charge in [0.15, 0.2) is 13.1 Å². The van der Waals surface area contributed by atoms with Crippen LogP contribution in [0.5, 0.6) is 5.75 Å². The van der Waals surface area contributed by atoms with Crippen LogP contribution in [0.15, 0.2) is 24.3 Å². The molecule has 0 heterocycles. The first-order chi connectivity index (χ1) is 11.3. The van der Waals surface area contributed by atoms with Crippen molar-refractivity contribution in [3.63, 3.8) is 0 Å². The van der Waals surface area contributed by atoms with Gasteiger partial charge < -0.3 is 20.3 Å². The second kappa shape index (κ2) is 9.93. The van der Waals surface area contributed by atoms with E-state index in [1.54, 1.807) is 31.4 Å². The van der Waals surface area contributed by atoms with Crippen molar-refractivity contribution < 1.29 is 19.2 Å². The first-order valence-electron chi connectivity index (χ1n) is 8.42. The number of likely N-dealkylation sites (N-methyl/N-ethyl adjacent to an activating group) is 1. The number of anilines is 1. The molecular formula is C18H30N3O3+. The maximum atomic E-state index is 12.2. The van der Waals surface area contributed by atoms with Gasteiger partial charge >= 0.3 is 0 Å². The summed E-state index contributed by atoms with van der Waals surface area (Å²) >= 11 is 0. The molecule has 0 aliphatic carbocycles. The number of quaternary nitrogens is 1. The number of hydrogen-bond donors (Lipinski definition) is 3. The molecule has 0 fully saturated rings. The third kappa shape index (κ3) is 7.00. The Kier molecular flexibility index (Phi) is 8.26. The minimum Gasteiger partial charge on any atom is -0.497 e. The molecule has 0 spiro atoms. The van der Waals surface area contributed by atoms with Crippen LogP contribution in [0.2, 0.25) is 0 Å². The van der Waals surface area contributed by atoms with Crippen molar-refractivity contribution in [1.29, 1.82) is 0 Å². The molecule has 0 aromatic heterocycles. The second-order valence-corrected chi connectivity index (χ2v) is 6.33. The van der Waals surface area contributed by atoms with E-state index in [9.17, 15) is 9.59 Å². The number of benzene rings is 1. The molecule has 0 saturated heterocycles. The minimum absolute atomic E-state index is 0.0229. The van der Waals surface area contributed by atoms with E-state index in [2.05, 4.69) is 24.5 Å². The predicted molar refractivity (Wildman–Crippen MR) is 95.3 cm³/mol. The molecular weight excluding hydrogens is 306 g/mol. The van der Waals surface area contributed by atoms with Crippen LogP contribution in [0.1, 0.15) is 27.7 Å². The maximum Gasteiger partial charge on any atom is 0.279 e. The van der Waals surface area contributed by atoms with Crippen LogP contribution < -0.4 is 20.3 Å². The summed E-state index contributed by atoms with van der Waals surface area (Å²) in [5.41, 5.74) is 0.717. The van der Waals surface area contributed by atoms with Gasteiger partial charge in [-0.25, -0.2) is 0 Å². The number of ether oxygens (including phenoxy) is 1. The zero-order chi connectivity index (χ0) is 18.1. The van der Waals surface area contributed by atoms with Crippen molar-refractivity contribution >= 4 is 17.5 Å². The zero-order valence-corrected chi connectivity index (χ0v) is 15.3. The highest BCUT2D eigenvalue weighted by Gasteiger charge is 2.18. The monoisotopic (exact) mass is 336 g/mol. The first-order valence-corrected chi connectivity index (χ1v) is 8.42. The van der Waals surface area contributed by atoms with Crippen LogP contribution in [0.3, 0.4) is 0 Å². The van der Waals surface area contributed by atoms with Crippen LogP contribution >= 0.6 is 0 Å². The molecule has 134 valence electrons. The van der Waals surface area contributed by atoms with Gasteiger partial charge in [-0.05, 0) is 44.0 Å². The topological polar surface area (TPSA) is 71.9 Å². The van der Waals surface area contributed by atoms with E-state index < -0.39 is 0 Å². The zero-order valence-electron chi connectivity index (χ0n) is 15.3. The van der Waals surface area contributed by atoms with Gasteiger partial charge in [0.25, 0.3) is 11.8 Å². The van der Waals surface area contributed by atoms with Gasteiger partial charge in [-0.1, -0.05) is 13.8 Å². The summed E-state index contributed by atoms with van der Waals surface area (Å²) in [5, 5.41) is 5.82. The van der Waals surface area contributed by atoms with Crippen molar-refractivity contribution in [3.8, 4) is 5.75 Å². The van der Waals surface area contributed by atoms with E-state index >= 15 is 0 Å². The van der Waals surface area contributed by atoms with E-state index in [0.29, 0.717) is 24.7 Å². The Morgan fingerprint density at radius 3 is 2.17 bits per heavy atom. The Morgan fingerprint density at radius 1 is 1.08 bits per heavy atom. The second-order valence-electron chi connectivity index (χ2n) is 6.33. The molecule has 1 unspecified atom stereocenters. The fraction of sp³-hybridized carbons (Fsp3) is 0.556. The minimum atomic E-state index is -0.110. The van der Waals surface area contributed by atoms with Gasteiger partial charge in [-0.15, -0.1) is 0 Å². The summed E-state index contributed by atoms with van der Waals surface area (Å²) in [6, 6.07) is 7.30. The van der Waals surface area contributed by atoms with Gasteiger partial charge in [0.05, 0.1) is 13.7 Å². The van der Waals surface area contributed by atoms with Crippen molar-refractivity contribution in [2.24, 2.45) is 5.92 Å². The van der Waals surface area contributed by atoms with Crippen molar-refractivity contribution in [2.45, 2.75) is 33.7 Å². The molecule has 0 bridgehead atoms. The molecule has 6 heteroatoms. The van der Waals surface area contributed by atoms with Gasteiger partial charge in [-0.2, -0.15) is 0 Å². The lowest BCUT2D eigenvalue weighted by atomic mass is 10.1. The Labute approximate surface area is 144 Å². The average Bonchev–Trinajstić information content (AvgIpc) is 2.54. The number of rotatable bonds is 9. The Morgan fingerprint density at radius 2 is 1.67 bits per heavy atom. The lowest BCUT2D eigenvalue weighted by molar-refractivity contribution is -0.881. The molecule has 0 saturated carbocycles. The molecule has 1 aromatic carbocycles. The van der Waals surface area contributed by atoms with Gasteiger partial charge in [0.1, 0.15) is 5.75 Å². The number of nitrogens with one attached hydrogen (secondary N) is 3. The largest absolute Gasteiger partial charge is 0.497 e. The predicted octanol–water partition coefficient (Wildman–Crippen LogP) is 0.699. The normalized spacial score (nSPS) is 13.2. The molecule has 24 heavy (non-hydrogen) atoms. The summed E-state index contributed by atoms with van der Waals surface area (Å²) in [6.45, 7) is 9.35. The Bertz CT molecular complexity index is 529. The lowest BCUT2D eigenvalue weighted by Gasteiger charge is -2.20. The van der Waals surface area contributed by atoms with E-state index in [-0.39, 0.29) is 24.4 Å². The number of hydrogen-bond acceptors (Lipinski definition) is 3. The van der Waals surface area contributed by atoms with Crippen LogP contribution in [-0.4, -0.2) is 44.6 Å². The van der Waals surface area contributed by atoms with Gasteiger partial charge in [0.2, 0.25) is 0 Å². The molecule has 0 aliphatic rings. The highest BCUT2D eigenvalue weighted by atomic mass is 16.5. The van der Waals surface area contributed by atoms with Crippen LogP contribution in [0, 0.1) is 5.92 Å². The molecule has 3 N–H and O–H groups in total. The standard InChI is InChI=1S/C18H29N3O3/c1-6-21(11-17(22)19-14(4)13(2)3)12-18(23)20-15-7-9-16(24-5)10-8-15/h7-10,13-14H,6,11-12H2,1-5H3,(H,19,22)(H,20,23)/p+1/t14-/m0/s1. The lowest BCUT2D eigenvalue weighted by Crippen LogP contribution is -3.14. The van der Waals surface area contributed by atoms with Gasteiger partial charge in [-0.3, -0.25) is 9.59 Å². The summed E-state index contributed by atoms with van der Waals surface area (Å²) in [6.07, 6.45) is 0. The number of amides is 2. The van der Waals surface area contributed by atoms with E-state index in [1.165, 1.54) is 0 Å². The third-order valence-electron chi connectivity index (χ3n) is 4.08. The number of carbonyl (C=O) groups is 2. The SMILES string of the molecule is CC[NH+](CC(=O)Nc1ccc(OC)cc1)CC(=O)N[C@@H](C)C(C)C. The van der Waals surface area contributed by atoms with Crippen LogP contribution in [-0.2, 0) is 9.59 Å². The highest BCUT2D eigenvalue weighted by Crippen LogP contribution is 2.14. The smallest absolute Gasteiger partial charge is 0.279 e. The fourth-order valence-electron chi connectivity index (χ4n) is 2.12. The number of methoxy groups -OCH3 is 1.